The van der Waals surface area contributed by atoms with E-state index in [1.807, 2.05) is 6.07 Å². The van der Waals surface area contributed by atoms with Crippen LogP contribution in [0.1, 0.15) is 16.7 Å². The Bertz CT molecular complexity index is 910. The van der Waals surface area contributed by atoms with Crippen molar-refractivity contribution in [1.29, 1.82) is 5.26 Å². The first-order valence-corrected chi connectivity index (χ1v) is 7.43. The van der Waals surface area contributed by atoms with Crippen molar-refractivity contribution in [2.24, 2.45) is 5.92 Å². The van der Waals surface area contributed by atoms with Gasteiger partial charge in [-0.25, -0.2) is 0 Å². The van der Waals surface area contributed by atoms with Gasteiger partial charge in [-0.3, -0.25) is 4.79 Å². The first-order chi connectivity index (χ1) is 12.6. The zero-order valence-electron chi connectivity index (χ0n) is 14.5. The van der Waals surface area contributed by atoms with Crippen molar-refractivity contribution >= 4 is 11.9 Å². The van der Waals surface area contributed by atoms with Crippen molar-refractivity contribution in [1.82, 2.24) is 0 Å². The molecule has 2 aromatic carbocycles. The van der Waals surface area contributed by atoms with Gasteiger partial charge in [-0.1, -0.05) is 12.1 Å². The zero-order valence-corrected chi connectivity index (χ0v) is 16.5. The second-order valence-electron chi connectivity index (χ2n) is 5.48. The van der Waals surface area contributed by atoms with Crippen LogP contribution in [0.2, 0.25) is 0 Å². The van der Waals surface area contributed by atoms with Crippen molar-refractivity contribution in [3.63, 3.8) is 0 Å². The molecule has 0 bridgehead atoms. The van der Waals surface area contributed by atoms with E-state index in [1.54, 1.807) is 0 Å². The molecule has 0 aromatic heterocycles. The topological polar surface area (TPSA) is 110 Å². The Kier molecular flexibility index (Phi) is 8.05. The smallest absolute Gasteiger partial charge is 0.549 e. The number of hydrogen-bond acceptors (Lipinski definition) is 5. The van der Waals surface area contributed by atoms with Gasteiger partial charge in [0.15, 0.2) is 0 Å². The minimum absolute atomic E-state index is 0. The third-order valence-electron chi connectivity index (χ3n) is 3.59. The van der Waals surface area contributed by atoms with Crippen molar-refractivity contribution < 1.29 is 67.3 Å². The van der Waals surface area contributed by atoms with Gasteiger partial charge < -0.3 is 19.7 Å². The molecule has 0 saturated carbocycles. The third-order valence-corrected chi connectivity index (χ3v) is 3.59. The number of carbonyl (C=O) groups is 2. The first-order valence-electron chi connectivity index (χ1n) is 7.43. The van der Waals surface area contributed by atoms with Crippen LogP contribution in [0.3, 0.4) is 0 Å². The molecule has 2 aromatic rings. The summed E-state index contributed by atoms with van der Waals surface area (Å²) in [7, 11) is 0. The molecule has 0 amide bonds. The summed E-state index contributed by atoms with van der Waals surface area (Å²) in [6.07, 6.45) is -5.32. The number of benzene rings is 2. The normalized spacial score (nSPS) is 11.6. The molecule has 1 N–H and O–H groups in total. The summed E-state index contributed by atoms with van der Waals surface area (Å²) in [5, 5.41) is 28.8. The van der Waals surface area contributed by atoms with Crippen LogP contribution in [0.4, 0.5) is 13.2 Å². The van der Waals surface area contributed by atoms with Crippen LogP contribution in [0.15, 0.2) is 42.5 Å². The number of ether oxygens (including phenoxy) is 1. The van der Waals surface area contributed by atoms with Gasteiger partial charge in [-0.05, 0) is 42.3 Å². The molecule has 10 heteroatoms. The molecule has 28 heavy (non-hydrogen) atoms. The summed E-state index contributed by atoms with van der Waals surface area (Å²) in [5.41, 5.74) is -0.931. The SMILES string of the molecule is N#Cc1cccc(Oc2cc(C(F)(F)F)ccc2CC(C(=O)[O-])C(=O)O)c1.[Na+]. The Labute approximate surface area is 179 Å². The number of rotatable bonds is 6. The fraction of sp³-hybridized carbons (Fsp3) is 0.167. The number of alkyl halides is 3. The number of aliphatic carboxylic acids is 2. The quantitative estimate of drug-likeness (QED) is 0.510. The van der Waals surface area contributed by atoms with E-state index in [0.29, 0.717) is 12.1 Å². The molecule has 0 spiro atoms. The van der Waals surface area contributed by atoms with E-state index in [0.717, 1.165) is 6.07 Å². The number of hydrogen-bond donors (Lipinski definition) is 1. The van der Waals surface area contributed by atoms with Crippen molar-refractivity contribution in [3.8, 4) is 17.6 Å². The zero-order chi connectivity index (χ0) is 20.2. The monoisotopic (exact) mass is 401 g/mol. The van der Waals surface area contributed by atoms with Crippen molar-refractivity contribution in [2.45, 2.75) is 12.6 Å². The van der Waals surface area contributed by atoms with Gasteiger partial charge >= 0.3 is 41.7 Å². The van der Waals surface area contributed by atoms with Crippen molar-refractivity contribution in [2.75, 3.05) is 0 Å². The molecule has 0 aliphatic carbocycles. The summed E-state index contributed by atoms with van der Waals surface area (Å²) >= 11 is 0. The number of carboxylic acids is 2. The molecule has 6 nitrogen and oxygen atoms in total. The van der Waals surface area contributed by atoms with Crippen LogP contribution in [0, 0.1) is 17.2 Å². The third kappa shape index (κ3) is 5.99. The number of nitrogens with zero attached hydrogens (tertiary/aromatic N) is 1. The molecule has 1 atom stereocenters. The maximum absolute atomic E-state index is 13.0. The molecular weight excluding hydrogens is 390 g/mol. The molecule has 0 fully saturated rings. The maximum Gasteiger partial charge on any atom is 1.00 e. The van der Waals surface area contributed by atoms with Crippen molar-refractivity contribution in [3.05, 3.63) is 59.2 Å². The second-order valence-corrected chi connectivity index (χ2v) is 5.48. The molecule has 0 aliphatic heterocycles. The number of carbonyl (C=O) groups excluding carboxylic acids is 1. The predicted octanol–water partition coefficient (Wildman–Crippen LogP) is -0.633. The Hall–Kier alpha value is -2.54. The minimum Gasteiger partial charge on any atom is -0.549 e. The summed E-state index contributed by atoms with van der Waals surface area (Å²) in [4.78, 5) is 22.0. The molecule has 0 aliphatic rings. The van der Waals surface area contributed by atoms with E-state index >= 15 is 0 Å². The summed E-state index contributed by atoms with van der Waals surface area (Å²) < 4.78 is 44.3. The van der Waals surface area contributed by atoms with Gasteiger partial charge in [0.1, 0.15) is 17.4 Å². The van der Waals surface area contributed by atoms with Gasteiger partial charge in [0.05, 0.1) is 23.2 Å². The van der Waals surface area contributed by atoms with Crippen LogP contribution >= 0.6 is 0 Å². The van der Waals surface area contributed by atoms with Crippen LogP contribution in [-0.4, -0.2) is 17.0 Å². The van der Waals surface area contributed by atoms with E-state index < -0.39 is 36.0 Å². The van der Waals surface area contributed by atoms with Crippen LogP contribution in [-0.2, 0) is 22.2 Å². The van der Waals surface area contributed by atoms with Gasteiger partial charge in [0.25, 0.3) is 0 Å². The van der Waals surface area contributed by atoms with Crippen LogP contribution < -0.4 is 39.4 Å². The number of halogens is 3. The average molecular weight is 401 g/mol. The fourth-order valence-corrected chi connectivity index (χ4v) is 2.24. The van der Waals surface area contributed by atoms with E-state index in [-0.39, 0.29) is 52.2 Å². The summed E-state index contributed by atoms with van der Waals surface area (Å²) in [6, 6.07) is 9.69. The van der Waals surface area contributed by atoms with E-state index in [4.69, 9.17) is 15.1 Å². The fourth-order valence-electron chi connectivity index (χ4n) is 2.24. The summed E-state index contributed by atoms with van der Waals surface area (Å²) in [5.74, 6) is -5.86. The Balaban J connectivity index is 0.00000392. The molecule has 2 rings (SSSR count). The van der Waals surface area contributed by atoms with E-state index in [2.05, 4.69) is 0 Å². The molecule has 140 valence electrons. The largest absolute Gasteiger partial charge is 1.00 e. The van der Waals surface area contributed by atoms with E-state index in [1.165, 1.54) is 24.3 Å². The summed E-state index contributed by atoms with van der Waals surface area (Å²) in [6.45, 7) is 0. The standard InChI is InChI=1S/C18H12F3NO5.Na/c19-18(20,21)12-5-4-11(7-14(16(23)24)17(25)26)15(8-12)27-13-3-1-2-10(6-13)9-22;/h1-6,8,14H,7H2,(H,23,24)(H,25,26);/q;+1/p-1. The molecular formula is C18H11F3NNaO5. The second kappa shape index (κ2) is 9.59. The minimum atomic E-state index is -4.69. The van der Waals surface area contributed by atoms with E-state index in [9.17, 15) is 27.9 Å². The number of nitriles is 1. The predicted molar refractivity (Wildman–Crippen MR) is 82.5 cm³/mol. The molecule has 1 unspecified atom stereocenters. The maximum atomic E-state index is 13.0. The Morgan fingerprint density at radius 3 is 2.43 bits per heavy atom. The average Bonchev–Trinajstić information content (AvgIpc) is 2.59. The Morgan fingerprint density at radius 2 is 1.89 bits per heavy atom. The van der Waals surface area contributed by atoms with Crippen LogP contribution in [0.25, 0.3) is 0 Å². The molecule has 0 saturated heterocycles. The molecule has 0 radical (unpaired) electrons. The van der Waals surface area contributed by atoms with Gasteiger partial charge in [0, 0.05) is 0 Å². The van der Waals surface area contributed by atoms with Crippen LogP contribution in [0.5, 0.6) is 11.5 Å². The molecule has 0 heterocycles. The first kappa shape index (κ1) is 23.5. The van der Waals surface area contributed by atoms with Gasteiger partial charge in [-0.2, -0.15) is 18.4 Å². The number of carboxylic acid groups (broad SMARTS) is 2. The Morgan fingerprint density at radius 1 is 1.21 bits per heavy atom. The van der Waals surface area contributed by atoms with Gasteiger partial charge in [-0.15, -0.1) is 0 Å². The van der Waals surface area contributed by atoms with Gasteiger partial charge in [0.2, 0.25) is 0 Å².